The fraction of sp³-hybridized carbons (Fsp3) is 0.267. The van der Waals surface area contributed by atoms with Gasteiger partial charge >= 0.3 is 11.8 Å². The van der Waals surface area contributed by atoms with Crippen LogP contribution in [0.2, 0.25) is 0 Å². The number of carbonyl (C=O) groups excluding carboxylic acids is 2. The van der Waals surface area contributed by atoms with Crippen molar-refractivity contribution in [2.24, 2.45) is 0 Å². The molecule has 210 valence electrons. The zero-order valence-corrected chi connectivity index (χ0v) is 23.0. The topological polar surface area (TPSA) is 131 Å². The molecule has 41 heavy (non-hydrogen) atoms. The summed E-state index contributed by atoms with van der Waals surface area (Å²) in [7, 11) is 0. The number of nitrogens with zero attached hydrogens (tertiary/aromatic N) is 5. The van der Waals surface area contributed by atoms with E-state index in [-0.39, 0.29) is 23.0 Å². The van der Waals surface area contributed by atoms with Gasteiger partial charge in [-0.3, -0.25) is 19.9 Å². The highest BCUT2D eigenvalue weighted by atomic mass is 16.6. The van der Waals surface area contributed by atoms with Gasteiger partial charge in [-0.2, -0.15) is 0 Å². The summed E-state index contributed by atoms with van der Waals surface area (Å²) in [6.07, 6.45) is 2.29. The van der Waals surface area contributed by atoms with Crippen LogP contribution in [0.4, 0.5) is 21.9 Å². The minimum atomic E-state index is -0.578. The summed E-state index contributed by atoms with van der Waals surface area (Å²) in [6.45, 7) is 7.95. The van der Waals surface area contributed by atoms with Crippen molar-refractivity contribution in [1.29, 1.82) is 0 Å². The monoisotopic (exact) mass is 554 g/mol. The summed E-state index contributed by atoms with van der Waals surface area (Å²) in [5, 5.41) is 15.0. The fourth-order valence-corrected chi connectivity index (χ4v) is 4.56. The van der Waals surface area contributed by atoms with Crippen LogP contribution < -0.4 is 10.2 Å². The molecule has 0 spiro atoms. The van der Waals surface area contributed by atoms with Crippen LogP contribution in [0.3, 0.4) is 0 Å². The van der Waals surface area contributed by atoms with Crippen molar-refractivity contribution in [2.75, 3.05) is 36.4 Å². The number of anilines is 2. The zero-order valence-electron chi connectivity index (χ0n) is 23.0. The van der Waals surface area contributed by atoms with Crippen LogP contribution in [-0.2, 0) is 4.74 Å². The van der Waals surface area contributed by atoms with E-state index in [9.17, 15) is 19.7 Å². The van der Waals surface area contributed by atoms with Gasteiger partial charge in [-0.25, -0.2) is 9.78 Å². The second-order valence-corrected chi connectivity index (χ2v) is 10.7. The largest absolute Gasteiger partial charge is 0.444 e. The Kier molecular flexibility index (Phi) is 7.52. The molecule has 1 aliphatic rings. The van der Waals surface area contributed by atoms with Gasteiger partial charge in [0.25, 0.3) is 5.91 Å². The predicted molar refractivity (Wildman–Crippen MR) is 156 cm³/mol. The molecule has 1 fully saturated rings. The number of piperazine rings is 1. The van der Waals surface area contributed by atoms with Gasteiger partial charge in [-0.15, -0.1) is 0 Å². The summed E-state index contributed by atoms with van der Waals surface area (Å²) >= 11 is 0. The molecular formula is C30H30N6O5. The number of nitrogens with one attached hydrogen (secondary N) is 1. The van der Waals surface area contributed by atoms with E-state index in [2.05, 4.69) is 20.2 Å². The molecule has 11 nitrogen and oxygen atoms in total. The van der Waals surface area contributed by atoms with Gasteiger partial charge in [0.15, 0.2) is 0 Å². The van der Waals surface area contributed by atoms with Crippen LogP contribution in [0.5, 0.6) is 0 Å². The molecule has 0 saturated carbocycles. The lowest BCUT2D eigenvalue weighted by Crippen LogP contribution is -2.50. The van der Waals surface area contributed by atoms with Crippen LogP contribution in [0.15, 0.2) is 73.1 Å². The van der Waals surface area contributed by atoms with Gasteiger partial charge in [-0.1, -0.05) is 36.4 Å². The van der Waals surface area contributed by atoms with E-state index < -0.39 is 16.4 Å². The minimum Gasteiger partial charge on any atom is -0.444 e. The highest BCUT2D eigenvalue weighted by molar-refractivity contribution is 6.07. The van der Waals surface area contributed by atoms with Crippen LogP contribution in [-0.4, -0.2) is 63.6 Å². The van der Waals surface area contributed by atoms with Crippen molar-refractivity contribution in [3.63, 3.8) is 0 Å². The molecule has 1 aliphatic heterocycles. The van der Waals surface area contributed by atoms with Gasteiger partial charge < -0.3 is 19.9 Å². The van der Waals surface area contributed by atoms with E-state index in [4.69, 9.17) is 4.74 Å². The number of rotatable bonds is 5. The molecule has 1 saturated heterocycles. The lowest BCUT2D eigenvalue weighted by Gasteiger charge is -2.36. The number of amides is 2. The molecule has 1 N–H and O–H groups in total. The maximum absolute atomic E-state index is 13.1. The molecule has 0 bridgehead atoms. The van der Waals surface area contributed by atoms with Crippen LogP contribution in [0, 0.1) is 10.1 Å². The normalized spacial score (nSPS) is 13.6. The average molecular weight is 555 g/mol. The Bertz CT molecular complexity index is 1610. The summed E-state index contributed by atoms with van der Waals surface area (Å²) in [6, 6.07) is 18.2. The van der Waals surface area contributed by atoms with E-state index in [1.165, 1.54) is 12.3 Å². The van der Waals surface area contributed by atoms with Crippen molar-refractivity contribution < 1.29 is 19.2 Å². The summed E-state index contributed by atoms with van der Waals surface area (Å²) in [5.41, 5.74) is 2.42. The Balaban J connectivity index is 1.30. The maximum Gasteiger partial charge on any atom is 0.410 e. The third-order valence-electron chi connectivity index (χ3n) is 6.62. The Morgan fingerprint density at radius 2 is 1.68 bits per heavy atom. The number of fused-ring (bicyclic) bond motifs is 1. The summed E-state index contributed by atoms with van der Waals surface area (Å²) in [5.74, 6) is -0.518. The Morgan fingerprint density at radius 1 is 0.951 bits per heavy atom. The van der Waals surface area contributed by atoms with Crippen molar-refractivity contribution >= 4 is 40.0 Å². The van der Waals surface area contributed by atoms with Crippen LogP contribution in [0.1, 0.15) is 31.1 Å². The second-order valence-electron chi connectivity index (χ2n) is 10.7. The number of carbonyl (C=O) groups is 2. The number of nitro groups is 1. The molecule has 0 atom stereocenters. The molecule has 3 heterocycles. The molecule has 5 rings (SSSR count). The summed E-state index contributed by atoms with van der Waals surface area (Å²) < 4.78 is 5.48. The van der Waals surface area contributed by atoms with E-state index in [0.29, 0.717) is 37.4 Å². The molecule has 4 aromatic rings. The molecule has 11 heteroatoms. The molecule has 2 aromatic heterocycles. The average Bonchev–Trinajstić information content (AvgIpc) is 2.96. The molecule has 2 aromatic carbocycles. The van der Waals surface area contributed by atoms with Gasteiger partial charge in [0.1, 0.15) is 17.5 Å². The molecule has 0 unspecified atom stereocenters. The first-order chi connectivity index (χ1) is 19.6. The minimum absolute atomic E-state index is 0.0508. The molecule has 2 amide bonds. The quantitative estimate of drug-likeness (QED) is 0.252. The van der Waals surface area contributed by atoms with E-state index in [0.717, 1.165) is 22.8 Å². The van der Waals surface area contributed by atoms with Gasteiger partial charge in [0.05, 0.1) is 21.7 Å². The molecular weight excluding hydrogens is 524 g/mol. The molecule has 0 aliphatic carbocycles. The number of aromatic nitrogens is 2. The van der Waals surface area contributed by atoms with Gasteiger partial charge in [0, 0.05) is 49.0 Å². The first kappa shape index (κ1) is 27.5. The number of benzene rings is 2. The van der Waals surface area contributed by atoms with Crippen molar-refractivity contribution in [1.82, 2.24) is 14.9 Å². The van der Waals surface area contributed by atoms with E-state index in [1.54, 1.807) is 11.0 Å². The van der Waals surface area contributed by atoms with Crippen molar-refractivity contribution in [2.45, 2.75) is 26.4 Å². The third kappa shape index (κ3) is 6.40. The number of pyridine rings is 2. The maximum atomic E-state index is 13.1. The first-order valence-electron chi connectivity index (χ1n) is 13.2. The Labute approximate surface area is 236 Å². The van der Waals surface area contributed by atoms with E-state index in [1.807, 2.05) is 69.3 Å². The Morgan fingerprint density at radius 3 is 2.37 bits per heavy atom. The van der Waals surface area contributed by atoms with Crippen LogP contribution >= 0.6 is 0 Å². The summed E-state index contributed by atoms with van der Waals surface area (Å²) in [4.78, 5) is 49.1. The lowest BCUT2D eigenvalue weighted by atomic mass is 10.1. The van der Waals surface area contributed by atoms with E-state index >= 15 is 0 Å². The zero-order chi connectivity index (χ0) is 29.1. The standard InChI is InChI=1S/C30H30N6O5/c1-30(2,3)41-29(38)35-13-11-34(12-14-35)23-10-9-21-15-22(18-31-24(21)16-23)28(37)33-26-17-25(20-7-5-4-6-8-20)32-19-27(26)36(39)40/h4-10,15-19H,11-14H2,1-3H3,(H,32,33,37). The molecule has 0 radical (unpaired) electrons. The SMILES string of the molecule is CC(C)(C)OC(=O)N1CCN(c2ccc3cc(C(=O)Nc4cc(-c5ccccc5)ncc4[N+](=O)[O-])cnc3c2)CC1. The lowest BCUT2D eigenvalue weighted by molar-refractivity contribution is -0.384. The number of ether oxygens (including phenoxy) is 1. The predicted octanol–water partition coefficient (Wildman–Crippen LogP) is 5.51. The van der Waals surface area contributed by atoms with Crippen LogP contribution in [0.25, 0.3) is 22.2 Å². The third-order valence-corrected chi connectivity index (χ3v) is 6.62. The van der Waals surface area contributed by atoms with Crippen molar-refractivity contribution in [3.8, 4) is 11.3 Å². The van der Waals surface area contributed by atoms with Gasteiger partial charge in [0.2, 0.25) is 0 Å². The second kappa shape index (κ2) is 11.2. The highest BCUT2D eigenvalue weighted by Gasteiger charge is 2.26. The number of hydrogen-bond acceptors (Lipinski definition) is 8. The number of hydrogen-bond donors (Lipinski definition) is 1. The van der Waals surface area contributed by atoms with Gasteiger partial charge in [-0.05, 0) is 45.0 Å². The smallest absolute Gasteiger partial charge is 0.410 e. The Hall–Kier alpha value is -5.06. The van der Waals surface area contributed by atoms with Crippen molar-refractivity contribution in [3.05, 3.63) is 88.7 Å². The highest BCUT2D eigenvalue weighted by Crippen LogP contribution is 2.29. The first-order valence-corrected chi connectivity index (χ1v) is 13.2. The fourth-order valence-electron chi connectivity index (χ4n) is 4.56.